The lowest BCUT2D eigenvalue weighted by atomic mass is 10.1. The van der Waals surface area contributed by atoms with E-state index in [1.54, 1.807) is 14.2 Å². The number of nitrogens with one attached hydrogen (secondary N) is 2. The quantitative estimate of drug-likeness (QED) is 0.253. The van der Waals surface area contributed by atoms with Crippen molar-refractivity contribution in [3.05, 3.63) is 59.7 Å². The Labute approximate surface area is 208 Å². The fourth-order valence-corrected chi connectivity index (χ4v) is 3.06. The lowest BCUT2D eigenvalue weighted by Crippen LogP contribution is -2.40. The minimum Gasteiger partial charge on any atom is -0.493 e. The molecule has 0 aliphatic carbocycles. The molecular formula is C24H35IN4O3. The van der Waals surface area contributed by atoms with Crippen molar-refractivity contribution >= 4 is 35.8 Å². The molecule has 0 saturated carbocycles. The summed E-state index contributed by atoms with van der Waals surface area (Å²) < 4.78 is 10.7. The molecule has 0 aliphatic heterocycles. The minimum atomic E-state index is -0.00330. The molecule has 0 aliphatic rings. The molecule has 2 rings (SSSR count). The van der Waals surface area contributed by atoms with Gasteiger partial charge >= 0.3 is 0 Å². The zero-order valence-corrected chi connectivity index (χ0v) is 21.7. The molecule has 7 nitrogen and oxygen atoms in total. The van der Waals surface area contributed by atoms with Crippen molar-refractivity contribution < 1.29 is 14.3 Å². The highest BCUT2D eigenvalue weighted by molar-refractivity contribution is 14.0. The Morgan fingerprint density at radius 3 is 2.38 bits per heavy atom. The smallest absolute Gasteiger partial charge is 0.222 e. The number of halogens is 1. The number of carbonyl (C=O) groups is 1. The number of aliphatic imine (C=N–C) groups is 1. The summed E-state index contributed by atoms with van der Waals surface area (Å²) in [6.07, 6.45) is 1.18. The maximum Gasteiger partial charge on any atom is 0.222 e. The van der Waals surface area contributed by atoms with Crippen molar-refractivity contribution in [3.8, 4) is 11.5 Å². The number of likely N-dealkylation sites (N-methyl/N-ethyl adjacent to an activating group) is 1. The second-order valence-corrected chi connectivity index (χ2v) is 7.11. The van der Waals surface area contributed by atoms with E-state index in [4.69, 9.17) is 9.47 Å². The molecule has 0 spiro atoms. The summed E-state index contributed by atoms with van der Waals surface area (Å²) in [4.78, 5) is 18.8. The van der Waals surface area contributed by atoms with Crippen LogP contribution in [-0.2, 0) is 17.8 Å². The number of guanidine groups is 1. The normalized spacial score (nSPS) is 10.7. The van der Waals surface area contributed by atoms with Crippen LogP contribution in [0.5, 0.6) is 11.5 Å². The van der Waals surface area contributed by atoms with E-state index in [0.717, 1.165) is 48.1 Å². The van der Waals surface area contributed by atoms with Gasteiger partial charge in [-0.15, -0.1) is 24.0 Å². The average molecular weight is 554 g/mol. The third-order valence-corrected chi connectivity index (χ3v) is 4.81. The maximum atomic E-state index is 12.1. The topological polar surface area (TPSA) is 75.2 Å². The van der Waals surface area contributed by atoms with Crippen molar-refractivity contribution in [3.63, 3.8) is 0 Å². The monoisotopic (exact) mass is 554 g/mol. The van der Waals surface area contributed by atoms with Gasteiger partial charge in [-0.2, -0.15) is 0 Å². The number of nitrogens with zero attached hydrogens (tertiary/aromatic N) is 2. The first-order valence-electron chi connectivity index (χ1n) is 10.6. The molecule has 2 aromatic carbocycles. The molecule has 0 radical (unpaired) electrons. The molecule has 2 N–H and O–H groups in total. The van der Waals surface area contributed by atoms with Gasteiger partial charge in [0.15, 0.2) is 17.5 Å². The lowest BCUT2D eigenvalue weighted by Gasteiger charge is -2.22. The van der Waals surface area contributed by atoms with E-state index in [0.29, 0.717) is 19.5 Å². The largest absolute Gasteiger partial charge is 0.493 e. The van der Waals surface area contributed by atoms with Crippen LogP contribution in [0.25, 0.3) is 0 Å². The third-order valence-electron chi connectivity index (χ3n) is 4.81. The highest BCUT2D eigenvalue weighted by Crippen LogP contribution is 2.27. The van der Waals surface area contributed by atoms with Crippen molar-refractivity contribution in [1.82, 2.24) is 15.5 Å². The molecule has 0 saturated heterocycles. The molecule has 0 fully saturated rings. The molecule has 1 amide bonds. The maximum absolute atomic E-state index is 12.1. The summed E-state index contributed by atoms with van der Waals surface area (Å²) in [5.41, 5.74) is 2.24. The Kier molecular flexibility index (Phi) is 13.2. The van der Waals surface area contributed by atoms with Crippen LogP contribution < -0.4 is 20.1 Å². The van der Waals surface area contributed by atoms with Gasteiger partial charge < -0.3 is 25.0 Å². The van der Waals surface area contributed by atoms with Crippen LogP contribution in [0.15, 0.2) is 53.5 Å². The first-order chi connectivity index (χ1) is 15.1. The number of ether oxygens (including phenoxy) is 2. The third kappa shape index (κ3) is 9.33. The molecule has 0 bridgehead atoms. The molecule has 0 aromatic heterocycles. The van der Waals surface area contributed by atoms with Crippen LogP contribution in [0.3, 0.4) is 0 Å². The standard InChI is InChI=1S/C24H34N4O3.HI/c1-5-25-24(26-15-13-23(29)27-18-20-9-7-6-8-10-20)28(2)16-14-19-11-12-21(30-3)22(17-19)31-4;/h6-12,17H,5,13-16,18H2,1-4H3,(H,25,26)(H,27,29);1H. The summed E-state index contributed by atoms with van der Waals surface area (Å²) in [5, 5.41) is 6.23. The van der Waals surface area contributed by atoms with Crippen LogP contribution in [0.4, 0.5) is 0 Å². The van der Waals surface area contributed by atoms with Crippen molar-refractivity contribution in [2.75, 3.05) is 40.9 Å². The minimum absolute atomic E-state index is 0. The Morgan fingerprint density at radius 2 is 1.72 bits per heavy atom. The lowest BCUT2D eigenvalue weighted by molar-refractivity contribution is -0.121. The number of hydrogen-bond donors (Lipinski definition) is 2. The summed E-state index contributed by atoms with van der Waals surface area (Å²) in [6.45, 7) is 4.55. The van der Waals surface area contributed by atoms with Gasteiger partial charge in [-0.25, -0.2) is 0 Å². The van der Waals surface area contributed by atoms with Gasteiger partial charge in [0.2, 0.25) is 5.91 Å². The van der Waals surface area contributed by atoms with Gasteiger partial charge in [0.05, 0.1) is 20.8 Å². The Bertz CT molecular complexity index is 846. The van der Waals surface area contributed by atoms with Gasteiger partial charge in [0.25, 0.3) is 0 Å². The molecule has 0 atom stereocenters. The molecule has 0 heterocycles. The zero-order chi connectivity index (χ0) is 22.5. The second kappa shape index (κ2) is 15.3. The Morgan fingerprint density at radius 1 is 1.00 bits per heavy atom. The SMILES string of the molecule is CCNC(=NCCC(=O)NCc1ccccc1)N(C)CCc1ccc(OC)c(OC)c1.I. The van der Waals surface area contributed by atoms with Crippen LogP contribution in [0, 0.1) is 0 Å². The number of hydrogen-bond acceptors (Lipinski definition) is 4. The van der Waals surface area contributed by atoms with Crippen LogP contribution in [0.2, 0.25) is 0 Å². The molecule has 8 heteroatoms. The fraction of sp³-hybridized carbons (Fsp3) is 0.417. The van der Waals surface area contributed by atoms with Gasteiger partial charge in [0.1, 0.15) is 0 Å². The van der Waals surface area contributed by atoms with Gasteiger partial charge in [0, 0.05) is 33.1 Å². The molecular weight excluding hydrogens is 519 g/mol. The summed E-state index contributed by atoms with van der Waals surface area (Å²) in [6, 6.07) is 15.8. The molecule has 2 aromatic rings. The number of rotatable bonds is 11. The summed E-state index contributed by atoms with van der Waals surface area (Å²) in [7, 11) is 5.27. The highest BCUT2D eigenvalue weighted by atomic mass is 127. The average Bonchev–Trinajstić information content (AvgIpc) is 2.81. The molecule has 0 unspecified atom stereocenters. The highest BCUT2D eigenvalue weighted by Gasteiger charge is 2.09. The predicted molar refractivity (Wildman–Crippen MR) is 140 cm³/mol. The number of carbonyl (C=O) groups excluding carboxylic acids is 1. The van der Waals surface area contributed by atoms with E-state index in [-0.39, 0.29) is 29.9 Å². The van der Waals surface area contributed by atoms with E-state index in [1.165, 1.54) is 0 Å². The molecule has 32 heavy (non-hydrogen) atoms. The van der Waals surface area contributed by atoms with Crippen LogP contribution >= 0.6 is 24.0 Å². The Hall–Kier alpha value is -2.49. The first kappa shape index (κ1) is 27.5. The predicted octanol–water partition coefficient (Wildman–Crippen LogP) is 3.47. The number of amides is 1. The van der Waals surface area contributed by atoms with Crippen molar-refractivity contribution in [2.45, 2.75) is 26.3 Å². The van der Waals surface area contributed by atoms with E-state index >= 15 is 0 Å². The summed E-state index contributed by atoms with van der Waals surface area (Å²) >= 11 is 0. The van der Waals surface area contributed by atoms with E-state index in [2.05, 4.69) is 20.5 Å². The zero-order valence-electron chi connectivity index (χ0n) is 19.4. The van der Waals surface area contributed by atoms with Crippen molar-refractivity contribution in [1.29, 1.82) is 0 Å². The summed E-state index contributed by atoms with van der Waals surface area (Å²) in [5.74, 6) is 2.24. The number of benzene rings is 2. The number of methoxy groups -OCH3 is 2. The van der Waals surface area contributed by atoms with E-state index in [1.807, 2.05) is 62.5 Å². The van der Waals surface area contributed by atoms with Gasteiger partial charge in [-0.1, -0.05) is 36.4 Å². The van der Waals surface area contributed by atoms with E-state index < -0.39 is 0 Å². The Balaban J connectivity index is 0.00000512. The van der Waals surface area contributed by atoms with E-state index in [9.17, 15) is 4.79 Å². The van der Waals surface area contributed by atoms with Gasteiger partial charge in [-0.3, -0.25) is 9.79 Å². The second-order valence-electron chi connectivity index (χ2n) is 7.11. The van der Waals surface area contributed by atoms with Crippen molar-refractivity contribution in [2.24, 2.45) is 4.99 Å². The van der Waals surface area contributed by atoms with Crippen LogP contribution in [0.1, 0.15) is 24.5 Å². The first-order valence-corrected chi connectivity index (χ1v) is 10.6. The van der Waals surface area contributed by atoms with Crippen LogP contribution in [-0.4, -0.2) is 57.7 Å². The van der Waals surface area contributed by atoms with Gasteiger partial charge in [-0.05, 0) is 36.6 Å². The fourth-order valence-electron chi connectivity index (χ4n) is 3.06. The molecule has 176 valence electrons.